The van der Waals surface area contributed by atoms with Crippen molar-refractivity contribution in [3.63, 3.8) is 0 Å². The molecule has 1 aliphatic heterocycles. The van der Waals surface area contributed by atoms with Gasteiger partial charge in [0.05, 0.1) is 42.9 Å². The Labute approximate surface area is 201 Å². The molecule has 1 heterocycles. The first-order valence-electron chi connectivity index (χ1n) is 9.59. The second-order valence-electron chi connectivity index (χ2n) is 7.00. The molecule has 2 N–H and O–H groups in total. The minimum absolute atomic E-state index is 0.157. The van der Waals surface area contributed by atoms with Gasteiger partial charge < -0.3 is 15.2 Å². The Morgan fingerprint density at radius 3 is 2.24 bits per heavy atom. The highest BCUT2D eigenvalue weighted by atomic mass is 79.9. The molecule has 11 heteroatoms. The Kier molecular flexibility index (Phi) is 7.02. The molecule has 7 nitrogen and oxygen atoms in total. The van der Waals surface area contributed by atoms with Gasteiger partial charge in [0.2, 0.25) is 0 Å². The lowest BCUT2D eigenvalue weighted by molar-refractivity contribution is -0.139. The highest BCUT2D eigenvalue weighted by Gasteiger charge is 2.43. The van der Waals surface area contributed by atoms with Crippen LogP contribution in [0.25, 0.3) is 0 Å². The molecule has 1 unspecified atom stereocenters. The molecule has 176 valence electrons. The van der Waals surface area contributed by atoms with Crippen LogP contribution in [0.5, 0.6) is 0 Å². The molecule has 0 radical (unpaired) electrons. The van der Waals surface area contributed by atoms with E-state index >= 15 is 0 Å². The molecule has 2 aromatic rings. The second-order valence-corrected chi connectivity index (χ2v) is 7.85. The number of hydrogen-bond donors (Lipinski definition) is 1. The fraction of sp³-hybridized carbons (Fsp3) is 0.174. The minimum Gasteiger partial charge on any atom is -0.466 e. The van der Waals surface area contributed by atoms with E-state index in [2.05, 4.69) is 15.9 Å². The zero-order valence-corrected chi connectivity index (χ0v) is 19.4. The van der Waals surface area contributed by atoms with Crippen molar-refractivity contribution in [2.45, 2.75) is 12.1 Å². The van der Waals surface area contributed by atoms with E-state index in [1.807, 2.05) is 6.07 Å². The molecule has 0 spiro atoms. The van der Waals surface area contributed by atoms with Crippen LogP contribution in [0.15, 0.2) is 75.7 Å². The summed E-state index contributed by atoms with van der Waals surface area (Å²) in [6.07, 6.45) is -4.74. The summed E-state index contributed by atoms with van der Waals surface area (Å²) >= 11 is 2.86. The molecule has 1 aliphatic rings. The van der Waals surface area contributed by atoms with E-state index < -0.39 is 35.3 Å². The summed E-state index contributed by atoms with van der Waals surface area (Å²) in [5, 5.41) is 9.95. The predicted molar refractivity (Wildman–Crippen MR) is 119 cm³/mol. The number of nitrogens with zero attached hydrogens (tertiary/aromatic N) is 2. The van der Waals surface area contributed by atoms with E-state index in [1.165, 1.54) is 6.07 Å². The van der Waals surface area contributed by atoms with Crippen LogP contribution in [-0.2, 0) is 25.2 Å². The Balaban J connectivity index is 2.43. The highest BCUT2D eigenvalue weighted by Crippen LogP contribution is 2.45. The van der Waals surface area contributed by atoms with Gasteiger partial charge in [0.1, 0.15) is 11.5 Å². The van der Waals surface area contributed by atoms with Crippen LogP contribution in [0.2, 0.25) is 0 Å². The van der Waals surface area contributed by atoms with E-state index in [9.17, 15) is 28.0 Å². The molecule has 0 aliphatic carbocycles. The monoisotopic (exact) mass is 535 g/mol. The maximum atomic E-state index is 13.6. The summed E-state index contributed by atoms with van der Waals surface area (Å²) in [5.74, 6) is -3.49. The summed E-state index contributed by atoms with van der Waals surface area (Å²) in [7, 11) is 2.12. The van der Waals surface area contributed by atoms with Gasteiger partial charge in [-0.2, -0.15) is 18.4 Å². The average molecular weight is 536 g/mol. The summed E-state index contributed by atoms with van der Waals surface area (Å²) < 4.78 is 50.2. The number of hydrogen-bond acceptors (Lipinski definition) is 7. The number of rotatable bonds is 4. The van der Waals surface area contributed by atoms with Crippen molar-refractivity contribution >= 4 is 33.6 Å². The van der Waals surface area contributed by atoms with Gasteiger partial charge in [0.25, 0.3) is 0 Å². The fourth-order valence-electron chi connectivity index (χ4n) is 3.65. The Morgan fingerprint density at radius 1 is 1.09 bits per heavy atom. The second kappa shape index (κ2) is 9.61. The highest BCUT2D eigenvalue weighted by molar-refractivity contribution is 9.10. The number of ether oxygens (including phenoxy) is 2. The van der Waals surface area contributed by atoms with Gasteiger partial charge in [0, 0.05) is 10.2 Å². The van der Waals surface area contributed by atoms with E-state index in [4.69, 9.17) is 15.2 Å². The van der Waals surface area contributed by atoms with E-state index in [0.717, 1.165) is 31.3 Å². The lowest BCUT2D eigenvalue weighted by Crippen LogP contribution is -2.40. The largest absolute Gasteiger partial charge is 0.466 e. The normalized spacial score (nSPS) is 16.3. The van der Waals surface area contributed by atoms with Gasteiger partial charge in [-0.25, -0.2) is 9.59 Å². The summed E-state index contributed by atoms with van der Waals surface area (Å²) in [6, 6.07) is 13.3. The molecular formula is C23H17BrF3N3O4. The number of carbonyl (C=O) groups is 2. The van der Waals surface area contributed by atoms with Crippen LogP contribution < -0.4 is 10.6 Å². The third-order valence-electron chi connectivity index (χ3n) is 5.12. The SMILES string of the molecule is COC(=O)C1=C(C(=O)OC)N(c2ccc(Br)c(C(F)(F)F)c2)C(N)=C(C#N)C1c1ccccc1. The molecule has 0 fully saturated rings. The molecule has 2 aromatic carbocycles. The van der Waals surface area contributed by atoms with Gasteiger partial charge in [0.15, 0.2) is 0 Å². The van der Waals surface area contributed by atoms with Gasteiger partial charge in [-0.05, 0) is 23.8 Å². The van der Waals surface area contributed by atoms with Crippen LogP contribution in [0.3, 0.4) is 0 Å². The predicted octanol–water partition coefficient (Wildman–Crippen LogP) is 4.37. The molecule has 0 saturated carbocycles. The van der Waals surface area contributed by atoms with Crippen molar-refractivity contribution in [1.29, 1.82) is 5.26 Å². The fourth-order valence-corrected chi connectivity index (χ4v) is 4.12. The van der Waals surface area contributed by atoms with Crippen molar-refractivity contribution in [3.8, 4) is 6.07 Å². The number of nitrogens with two attached hydrogens (primary N) is 1. The molecule has 34 heavy (non-hydrogen) atoms. The summed E-state index contributed by atoms with van der Waals surface area (Å²) in [4.78, 5) is 26.8. The van der Waals surface area contributed by atoms with E-state index in [0.29, 0.717) is 5.56 Å². The van der Waals surface area contributed by atoms with Crippen LogP contribution >= 0.6 is 15.9 Å². The number of methoxy groups -OCH3 is 2. The van der Waals surface area contributed by atoms with Crippen molar-refractivity contribution < 1.29 is 32.2 Å². The minimum atomic E-state index is -4.74. The quantitative estimate of drug-likeness (QED) is 0.579. The maximum absolute atomic E-state index is 13.6. The number of allylic oxidation sites excluding steroid dienone is 1. The van der Waals surface area contributed by atoms with Gasteiger partial charge in [-0.3, -0.25) is 4.90 Å². The number of alkyl halides is 3. The topological polar surface area (TPSA) is 106 Å². The standard InChI is InChI=1S/C23H17BrF3N3O4/c1-33-21(31)18-17(12-6-4-3-5-7-12)14(11-28)20(29)30(19(18)22(32)34-2)13-8-9-16(24)15(10-13)23(25,26)27/h3-10,17H,29H2,1-2H3. The van der Waals surface area contributed by atoms with Crippen molar-refractivity contribution in [1.82, 2.24) is 0 Å². The van der Waals surface area contributed by atoms with Gasteiger partial charge in [-0.1, -0.05) is 46.3 Å². The van der Waals surface area contributed by atoms with Crippen molar-refractivity contribution in [2.75, 3.05) is 19.1 Å². The lowest BCUT2D eigenvalue weighted by atomic mass is 9.81. The van der Waals surface area contributed by atoms with Crippen molar-refractivity contribution in [2.24, 2.45) is 5.73 Å². The zero-order chi connectivity index (χ0) is 25.2. The van der Waals surface area contributed by atoms with Crippen molar-refractivity contribution in [3.05, 3.63) is 86.8 Å². The lowest BCUT2D eigenvalue weighted by Gasteiger charge is -2.36. The Bertz CT molecular complexity index is 1250. The van der Waals surface area contributed by atoms with Crippen LogP contribution in [0.1, 0.15) is 17.0 Å². The van der Waals surface area contributed by atoms with E-state index in [1.54, 1.807) is 30.3 Å². The molecule has 0 aromatic heterocycles. The third-order valence-corrected chi connectivity index (χ3v) is 5.82. The van der Waals surface area contributed by atoms with Gasteiger partial charge >= 0.3 is 18.1 Å². The number of nitriles is 1. The van der Waals surface area contributed by atoms with Crippen LogP contribution in [0.4, 0.5) is 18.9 Å². The summed E-state index contributed by atoms with van der Waals surface area (Å²) in [5.41, 5.74) is 4.53. The summed E-state index contributed by atoms with van der Waals surface area (Å²) in [6.45, 7) is 0. The molecular weight excluding hydrogens is 519 g/mol. The maximum Gasteiger partial charge on any atom is 0.417 e. The van der Waals surface area contributed by atoms with Gasteiger partial charge in [-0.15, -0.1) is 0 Å². The first-order valence-corrected chi connectivity index (χ1v) is 10.4. The van der Waals surface area contributed by atoms with Crippen LogP contribution in [0, 0.1) is 11.3 Å². The number of anilines is 1. The Hall–Kier alpha value is -3.78. The Morgan fingerprint density at radius 2 is 1.71 bits per heavy atom. The molecule has 0 bridgehead atoms. The molecule has 1 atom stereocenters. The molecule has 0 saturated heterocycles. The first-order chi connectivity index (χ1) is 16.1. The third kappa shape index (κ3) is 4.36. The zero-order valence-electron chi connectivity index (χ0n) is 17.8. The smallest absolute Gasteiger partial charge is 0.417 e. The molecule has 3 rings (SSSR count). The average Bonchev–Trinajstić information content (AvgIpc) is 2.82. The number of esters is 2. The number of carbonyl (C=O) groups excluding carboxylic acids is 2. The first kappa shape index (κ1) is 24.9. The van der Waals surface area contributed by atoms with E-state index in [-0.39, 0.29) is 27.1 Å². The molecule has 0 amide bonds. The number of halogens is 4. The van der Waals surface area contributed by atoms with Crippen LogP contribution in [-0.4, -0.2) is 26.2 Å². The number of benzene rings is 2.